The van der Waals surface area contributed by atoms with E-state index in [0.29, 0.717) is 0 Å². The van der Waals surface area contributed by atoms with Crippen LogP contribution in [0.25, 0.3) is 5.57 Å². The van der Waals surface area contributed by atoms with E-state index in [2.05, 4.69) is 100 Å². The van der Waals surface area contributed by atoms with Crippen molar-refractivity contribution >= 4 is 5.57 Å². The standard InChI is InChI=1S/C34H54N2O2/c1-7-9-11-15-29(16-12-10-8-2)34(30-17-21-32(22-18-30)37-27-13-25-35(3)4)31-19-23-33(24-20-31)38-28-14-26-36(5)6/h17-24H,7-16,25-28H2,1-6H3. The number of unbranched alkanes of at least 4 members (excludes halogenated alkanes) is 4. The van der Waals surface area contributed by atoms with Gasteiger partial charge in [-0.05, 0) is 108 Å². The number of allylic oxidation sites excluding steroid dienone is 1. The Hall–Kier alpha value is -2.30. The molecule has 0 N–H and O–H groups in total. The summed E-state index contributed by atoms with van der Waals surface area (Å²) in [6.07, 6.45) is 12.0. The van der Waals surface area contributed by atoms with Gasteiger partial charge in [0.05, 0.1) is 13.2 Å². The topological polar surface area (TPSA) is 24.9 Å². The molecular weight excluding hydrogens is 468 g/mol. The highest BCUT2D eigenvalue weighted by Crippen LogP contribution is 2.34. The molecule has 0 saturated heterocycles. The molecule has 4 nitrogen and oxygen atoms in total. The predicted molar refractivity (Wildman–Crippen MR) is 165 cm³/mol. The van der Waals surface area contributed by atoms with Crippen molar-refractivity contribution in [1.29, 1.82) is 0 Å². The molecular formula is C34H54N2O2. The van der Waals surface area contributed by atoms with Gasteiger partial charge in [-0.25, -0.2) is 0 Å². The minimum atomic E-state index is 0.746. The number of benzene rings is 2. The summed E-state index contributed by atoms with van der Waals surface area (Å²) in [6, 6.07) is 17.6. The van der Waals surface area contributed by atoms with Crippen molar-refractivity contribution in [1.82, 2.24) is 9.80 Å². The first-order chi connectivity index (χ1) is 18.4. The Balaban J connectivity index is 2.29. The molecule has 0 saturated carbocycles. The second kappa shape index (κ2) is 18.9. The zero-order valence-electron chi connectivity index (χ0n) is 25.2. The predicted octanol–water partition coefficient (Wildman–Crippen LogP) is 8.31. The fraction of sp³-hybridized carbons (Fsp3) is 0.588. The van der Waals surface area contributed by atoms with Crippen LogP contribution >= 0.6 is 0 Å². The van der Waals surface area contributed by atoms with Gasteiger partial charge < -0.3 is 19.3 Å². The van der Waals surface area contributed by atoms with E-state index in [1.165, 1.54) is 68.1 Å². The summed E-state index contributed by atoms with van der Waals surface area (Å²) in [5.41, 5.74) is 5.56. The van der Waals surface area contributed by atoms with Crippen LogP contribution in [0.5, 0.6) is 11.5 Å². The van der Waals surface area contributed by atoms with Crippen LogP contribution in [0.4, 0.5) is 0 Å². The lowest BCUT2D eigenvalue weighted by atomic mass is 9.88. The van der Waals surface area contributed by atoms with Crippen LogP contribution in [0, 0.1) is 0 Å². The molecule has 212 valence electrons. The fourth-order valence-electron chi connectivity index (χ4n) is 4.70. The zero-order valence-corrected chi connectivity index (χ0v) is 25.2. The first kappa shape index (κ1) is 31.9. The van der Waals surface area contributed by atoms with Crippen LogP contribution in [0.2, 0.25) is 0 Å². The molecule has 0 heterocycles. The maximum absolute atomic E-state index is 6.03. The average molecular weight is 523 g/mol. The van der Waals surface area contributed by atoms with Gasteiger partial charge in [-0.1, -0.05) is 69.4 Å². The molecule has 2 rings (SSSR count). The summed E-state index contributed by atoms with van der Waals surface area (Å²) in [7, 11) is 8.41. The summed E-state index contributed by atoms with van der Waals surface area (Å²) >= 11 is 0. The molecule has 0 amide bonds. The maximum Gasteiger partial charge on any atom is 0.119 e. The molecule has 38 heavy (non-hydrogen) atoms. The summed E-state index contributed by atoms with van der Waals surface area (Å²) < 4.78 is 12.1. The molecule has 0 aromatic heterocycles. The third kappa shape index (κ3) is 12.5. The third-order valence-electron chi connectivity index (χ3n) is 6.84. The van der Waals surface area contributed by atoms with Gasteiger partial charge >= 0.3 is 0 Å². The van der Waals surface area contributed by atoms with Gasteiger partial charge in [-0.2, -0.15) is 0 Å². The summed E-state index contributed by atoms with van der Waals surface area (Å²) in [5, 5.41) is 0. The number of hydrogen-bond donors (Lipinski definition) is 0. The van der Waals surface area contributed by atoms with E-state index in [-0.39, 0.29) is 0 Å². The molecule has 0 unspecified atom stereocenters. The molecule has 0 fully saturated rings. The first-order valence-electron chi connectivity index (χ1n) is 14.9. The van der Waals surface area contributed by atoms with Gasteiger partial charge in [0, 0.05) is 13.1 Å². The monoisotopic (exact) mass is 522 g/mol. The van der Waals surface area contributed by atoms with Crippen molar-refractivity contribution in [3.63, 3.8) is 0 Å². The summed E-state index contributed by atoms with van der Waals surface area (Å²) in [6.45, 7) is 8.15. The second-order valence-electron chi connectivity index (χ2n) is 11.0. The van der Waals surface area contributed by atoms with Crippen molar-refractivity contribution in [2.45, 2.75) is 78.1 Å². The van der Waals surface area contributed by atoms with Crippen LogP contribution in [0.3, 0.4) is 0 Å². The summed E-state index contributed by atoms with van der Waals surface area (Å²) in [5.74, 6) is 1.90. The van der Waals surface area contributed by atoms with Gasteiger partial charge in [0.2, 0.25) is 0 Å². The SMILES string of the molecule is CCCCCC(CCCCC)=C(c1ccc(OCCCN(C)C)cc1)c1ccc(OCCCN(C)C)cc1. The lowest BCUT2D eigenvalue weighted by Gasteiger charge is -2.18. The third-order valence-corrected chi connectivity index (χ3v) is 6.84. The molecule has 0 bridgehead atoms. The second-order valence-corrected chi connectivity index (χ2v) is 11.0. The minimum Gasteiger partial charge on any atom is -0.494 e. The highest BCUT2D eigenvalue weighted by molar-refractivity contribution is 5.82. The normalized spacial score (nSPS) is 11.3. The summed E-state index contributed by atoms with van der Waals surface area (Å²) in [4.78, 5) is 4.39. The van der Waals surface area contributed by atoms with E-state index in [9.17, 15) is 0 Å². The zero-order chi connectivity index (χ0) is 27.6. The maximum atomic E-state index is 6.03. The number of hydrogen-bond acceptors (Lipinski definition) is 4. The first-order valence-corrected chi connectivity index (χ1v) is 14.9. The van der Waals surface area contributed by atoms with Gasteiger partial charge in [0.25, 0.3) is 0 Å². The Kier molecular flexibility index (Phi) is 15.8. The Bertz CT molecular complexity index is 828. The Morgan fingerprint density at radius 3 is 1.29 bits per heavy atom. The molecule has 2 aromatic rings. The largest absolute Gasteiger partial charge is 0.494 e. The van der Waals surface area contributed by atoms with Crippen molar-refractivity contribution < 1.29 is 9.47 Å². The quantitative estimate of drug-likeness (QED) is 0.163. The minimum absolute atomic E-state index is 0.746. The van der Waals surface area contributed by atoms with Crippen LogP contribution in [0.15, 0.2) is 54.1 Å². The van der Waals surface area contributed by atoms with Crippen molar-refractivity contribution in [3.8, 4) is 11.5 Å². The van der Waals surface area contributed by atoms with Crippen LogP contribution in [-0.2, 0) is 0 Å². The van der Waals surface area contributed by atoms with E-state index in [4.69, 9.17) is 9.47 Å². The van der Waals surface area contributed by atoms with Gasteiger partial charge in [0.1, 0.15) is 11.5 Å². The van der Waals surface area contributed by atoms with Crippen molar-refractivity contribution in [2.75, 3.05) is 54.5 Å². The molecule has 0 aliphatic carbocycles. The number of nitrogens with zero attached hydrogens (tertiary/aromatic N) is 2. The van der Waals surface area contributed by atoms with E-state index in [1.807, 2.05) is 0 Å². The molecule has 0 aliphatic rings. The molecule has 0 spiro atoms. The van der Waals surface area contributed by atoms with Gasteiger partial charge in [0.15, 0.2) is 0 Å². The van der Waals surface area contributed by atoms with E-state index < -0.39 is 0 Å². The number of ether oxygens (including phenoxy) is 2. The van der Waals surface area contributed by atoms with E-state index in [0.717, 1.165) is 50.6 Å². The Labute approximate surface area is 234 Å². The lowest BCUT2D eigenvalue weighted by Crippen LogP contribution is -2.15. The smallest absolute Gasteiger partial charge is 0.119 e. The van der Waals surface area contributed by atoms with Crippen LogP contribution < -0.4 is 9.47 Å². The molecule has 2 aromatic carbocycles. The lowest BCUT2D eigenvalue weighted by molar-refractivity contribution is 0.281. The fourth-order valence-corrected chi connectivity index (χ4v) is 4.70. The Morgan fingerprint density at radius 1 is 0.553 bits per heavy atom. The van der Waals surface area contributed by atoms with Crippen LogP contribution in [0.1, 0.15) is 89.2 Å². The van der Waals surface area contributed by atoms with E-state index >= 15 is 0 Å². The molecule has 0 atom stereocenters. The average Bonchev–Trinajstić information content (AvgIpc) is 2.90. The highest BCUT2D eigenvalue weighted by atomic mass is 16.5. The molecule has 4 heteroatoms. The number of rotatable bonds is 20. The van der Waals surface area contributed by atoms with E-state index in [1.54, 1.807) is 5.57 Å². The highest BCUT2D eigenvalue weighted by Gasteiger charge is 2.13. The van der Waals surface area contributed by atoms with Gasteiger partial charge in [-0.15, -0.1) is 0 Å². The Morgan fingerprint density at radius 2 is 0.947 bits per heavy atom. The van der Waals surface area contributed by atoms with Crippen LogP contribution in [-0.4, -0.2) is 64.3 Å². The molecule has 0 aliphatic heterocycles. The molecule has 0 radical (unpaired) electrons. The van der Waals surface area contributed by atoms with Gasteiger partial charge in [-0.3, -0.25) is 0 Å². The van der Waals surface area contributed by atoms with Crippen molar-refractivity contribution in [2.24, 2.45) is 0 Å². The van der Waals surface area contributed by atoms with Crippen molar-refractivity contribution in [3.05, 3.63) is 65.2 Å².